The van der Waals surface area contributed by atoms with E-state index in [1.807, 2.05) is 19.1 Å². The predicted molar refractivity (Wildman–Crippen MR) is 125 cm³/mol. The Kier molecular flexibility index (Phi) is 5.61. The van der Waals surface area contributed by atoms with Crippen LogP contribution in [0.15, 0.2) is 58.5 Å². The first-order valence-electron chi connectivity index (χ1n) is 9.73. The summed E-state index contributed by atoms with van der Waals surface area (Å²) in [5.74, 6) is 0.871. The number of aromatic nitrogens is 2. The van der Waals surface area contributed by atoms with E-state index in [1.54, 1.807) is 27.7 Å². The summed E-state index contributed by atoms with van der Waals surface area (Å²) >= 11 is 3.26. The molecule has 5 heteroatoms. The number of hydrogen-bond donors (Lipinski definition) is 0. The van der Waals surface area contributed by atoms with Crippen molar-refractivity contribution < 1.29 is 0 Å². The molecule has 2 aromatic heterocycles. The molecule has 0 fully saturated rings. The second kappa shape index (κ2) is 8.17. The van der Waals surface area contributed by atoms with Crippen LogP contribution in [0.3, 0.4) is 0 Å². The van der Waals surface area contributed by atoms with Gasteiger partial charge in [-0.2, -0.15) is 0 Å². The molecule has 0 atom stereocenters. The summed E-state index contributed by atoms with van der Waals surface area (Å²) in [7, 11) is 0. The average molecular weight is 421 g/mol. The standard InChI is InChI=1S/C24H24N2OS2/c1-15-10-11-20(14-16(15)2)26-23(27)21-17(3)18(4)29-22(21)25-24(26)28-13-12-19-8-6-5-7-9-19/h5-11,14H,12-13H2,1-4H3. The Labute approximate surface area is 179 Å². The van der Waals surface area contributed by atoms with Crippen LogP contribution >= 0.6 is 23.1 Å². The summed E-state index contributed by atoms with van der Waals surface area (Å²) in [6.45, 7) is 8.25. The third kappa shape index (κ3) is 3.89. The van der Waals surface area contributed by atoms with E-state index in [9.17, 15) is 4.79 Å². The Morgan fingerprint density at radius 3 is 2.48 bits per heavy atom. The van der Waals surface area contributed by atoms with Crippen molar-refractivity contribution in [2.75, 3.05) is 5.75 Å². The highest BCUT2D eigenvalue weighted by atomic mass is 32.2. The van der Waals surface area contributed by atoms with E-state index in [-0.39, 0.29) is 5.56 Å². The zero-order valence-corrected chi connectivity index (χ0v) is 18.8. The number of thiophene rings is 1. The molecule has 0 aliphatic rings. The second-order valence-corrected chi connectivity index (χ2v) is 9.62. The molecule has 0 amide bonds. The molecule has 148 valence electrons. The molecule has 0 aliphatic heterocycles. The molecule has 0 saturated heterocycles. The van der Waals surface area contributed by atoms with Gasteiger partial charge in [0.1, 0.15) is 4.83 Å². The number of benzene rings is 2. The fraction of sp³-hybridized carbons (Fsp3) is 0.250. The highest BCUT2D eigenvalue weighted by Gasteiger charge is 2.18. The molecular formula is C24H24N2OS2. The van der Waals surface area contributed by atoms with E-state index < -0.39 is 0 Å². The largest absolute Gasteiger partial charge is 0.268 e. The van der Waals surface area contributed by atoms with Crippen LogP contribution in [0.5, 0.6) is 0 Å². The van der Waals surface area contributed by atoms with Gasteiger partial charge in [-0.05, 0) is 68.5 Å². The Morgan fingerprint density at radius 1 is 1.00 bits per heavy atom. The lowest BCUT2D eigenvalue weighted by molar-refractivity contribution is 0.820. The monoisotopic (exact) mass is 420 g/mol. The van der Waals surface area contributed by atoms with Gasteiger partial charge in [0.05, 0.1) is 11.1 Å². The number of rotatable bonds is 5. The molecule has 0 spiro atoms. The van der Waals surface area contributed by atoms with Crippen LogP contribution in [0.4, 0.5) is 0 Å². The summed E-state index contributed by atoms with van der Waals surface area (Å²) < 4.78 is 1.80. The molecule has 29 heavy (non-hydrogen) atoms. The highest BCUT2D eigenvalue weighted by molar-refractivity contribution is 7.99. The topological polar surface area (TPSA) is 34.9 Å². The first kappa shape index (κ1) is 19.9. The lowest BCUT2D eigenvalue weighted by Gasteiger charge is -2.14. The molecular weight excluding hydrogens is 396 g/mol. The first-order chi connectivity index (χ1) is 14.0. The minimum Gasteiger partial charge on any atom is -0.268 e. The smallest absolute Gasteiger partial charge is 0.267 e. The maximum Gasteiger partial charge on any atom is 0.267 e. The third-order valence-electron chi connectivity index (χ3n) is 5.39. The van der Waals surface area contributed by atoms with E-state index in [0.717, 1.165) is 43.7 Å². The number of hydrogen-bond acceptors (Lipinski definition) is 4. The van der Waals surface area contributed by atoms with Crippen LogP contribution in [0, 0.1) is 27.7 Å². The van der Waals surface area contributed by atoms with E-state index in [0.29, 0.717) is 0 Å². The first-order valence-corrected chi connectivity index (χ1v) is 11.5. The normalized spacial score (nSPS) is 11.3. The van der Waals surface area contributed by atoms with Gasteiger partial charge in [-0.3, -0.25) is 9.36 Å². The molecule has 0 radical (unpaired) electrons. The number of nitrogens with zero attached hydrogens (tertiary/aromatic N) is 2. The van der Waals surface area contributed by atoms with E-state index in [1.165, 1.54) is 16.7 Å². The maximum absolute atomic E-state index is 13.5. The fourth-order valence-corrected chi connectivity index (χ4v) is 5.44. The van der Waals surface area contributed by atoms with Crippen molar-refractivity contribution in [3.63, 3.8) is 0 Å². The van der Waals surface area contributed by atoms with Crippen LogP contribution < -0.4 is 5.56 Å². The minimum absolute atomic E-state index is 0.0299. The molecule has 4 aromatic rings. The molecule has 0 aliphatic carbocycles. The Hall–Kier alpha value is -2.37. The van der Waals surface area contributed by atoms with Crippen LogP contribution in [0.25, 0.3) is 15.9 Å². The lowest BCUT2D eigenvalue weighted by atomic mass is 10.1. The highest BCUT2D eigenvalue weighted by Crippen LogP contribution is 2.30. The van der Waals surface area contributed by atoms with Gasteiger partial charge in [0, 0.05) is 10.6 Å². The number of fused-ring (bicyclic) bond motifs is 1. The fourth-order valence-electron chi connectivity index (χ4n) is 3.37. The van der Waals surface area contributed by atoms with Gasteiger partial charge in [-0.1, -0.05) is 48.2 Å². The van der Waals surface area contributed by atoms with Crippen molar-refractivity contribution in [3.8, 4) is 5.69 Å². The van der Waals surface area contributed by atoms with Crippen LogP contribution in [0.2, 0.25) is 0 Å². The van der Waals surface area contributed by atoms with E-state index >= 15 is 0 Å². The zero-order chi connectivity index (χ0) is 20.5. The molecule has 3 nitrogen and oxygen atoms in total. The van der Waals surface area contributed by atoms with Crippen LogP contribution in [-0.2, 0) is 6.42 Å². The van der Waals surface area contributed by atoms with Gasteiger partial charge in [0.15, 0.2) is 5.16 Å². The van der Waals surface area contributed by atoms with Crippen molar-refractivity contribution >= 4 is 33.3 Å². The van der Waals surface area contributed by atoms with Gasteiger partial charge in [0.2, 0.25) is 0 Å². The van der Waals surface area contributed by atoms with Gasteiger partial charge in [-0.15, -0.1) is 11.3 Å². The molecule has 0 saturated carbocycles. The average Bonchev–Trinajstić information content (AvgIpc) is 2.99. The van der Waals surface area contributed by atoms with Crippen molar-refractivity contribution in [1.82, 2.24) is 9.55 Å². The van der Waals surface area contributed by atoms with Crippen LogP contribution in [-0.4, -0.2) is 15.3 Å². The van der Waals surface area contributed by atoms with Gasteiger partial charge < -0.3 is 0 Å². The zero-order valence-electron chi connectivity index (χ0n) is 17.2. The Balaban J connectivity index is 1.80. The van der Waals surface area contributed by atoms with Crippen molar-refractivity contribution in [3.05, 3.63) is 86.0 Å². The van der Waals surface area contributed by atoms with E-state index in [2.05, 4.69) is 57.2 Å². The molecule has 2 heterocycles. The quantitative estimate of drug-likeness (QED) is 0.293. The van der Waals surface area contributed by atoms with Crippen molar-refractivity contribution in [2.45, 2.75) is 39.3 Å². The molecule has 0 bridgehead atoms. The van der Waals surface area contributed by atoms with Crippen molar-refractivity contribution in [1.29, 1.82) is 0 Å². The molecule has 0 N–H and O–H groups in total. The van der Waals surface area contributed by atoms with Gasteiger partial charge >= 0.3 is 0 Å². The Morgan fingerprint density at radius 2 is 1.76 bits per heavy atom. The second-order valence-electron chi connectivity index (χ2n) is 7.35. The third-order valence-corrected chi connectivity index (χ3v) is 7.43. The van der Waals surface area contributed by atoms with E-state index in [4.69, 9.17) is 4.98 Å². The number of thioether (sulfide) groups is 1. The summed E-state index contributed by atoms with van der Waals surface area (Å²) in [5.41, 5.74) is 5.65. The summed E-state index contributed by atoms with van der Waals surface area (Å²) in [5, 5.41) is 1.51. The molecule has 0 unspecified atom stereocenters. The van der Waals surface area contributed by atoms with Crippen LogP contribution in [0.1, 0.15) is 27.1 Å². The molecule has 4 rings (SSSR count). The van der Waals surface area contributed by atoms with Crippen molar-refractivity contribution in [2.24, 2.45) is 0 Å². The SMILES string of the molecule is Cc1ccc(-n2c(SCCc3ccccc3)nc3sc(C)c(C)c3c2=O)cc1C. The minimum atomic E-state index is 0.0299. The summed E-state index contributed by atoms with van der Waals surface area (Å²) in [6, 6.07) is 16.6. The lowest BCUT2D eigenvalue weighted by Crippen LogP contribution is -2.22. The summed E-state index contributed by atoms with van der Waals surface area (Å²) in [4.78, 5) is 20.4. The van der Waals surface area contributed by atoms with Gasteiger partial charge in [0.25, 0.3) is 5.56 Å². The number of aryl methyl sites for hydroxylation is 5. The molecule has 2 aromatic carbocycles. The Bertz CT molecular complexity index is 1240. The van der Waals surface area contributed by atoms with Gasteiger partial charge in [-0.25, -0.2) is 4.98 Å². The predicted octanol–water partition coefficient (Wildman–Crippen LogP) is 6.02. The summed E-state index contributed by atoms with van der Waals surface area (Å²) in [6.07, 6.45) is 0.939. The maximum atomic E-state index is 13.5.